The predicted octanol–water partition coefficient (Wildman–Crippen LogP) is 5.68. The second-order valence-electron chi connectivity index (χ2n) is 6.34. The van der Waals surface area contributed by atoms with Gasteiger partial charge in [-0.05, 0) is 42.8 Å². The number of carbonyl (C=O) groups is 1. The summed E-state index contributed by atoms with van der Waals surface area (Å²) in [7, 11) is 0. The summed E-state index contributed by atoms with van der Waals surface area (Å²) in [6, 6.07) is 9.13. The van der Waals surface area contributed by atoms with Crippen LogP contribution in [-0.4, -0.2) is 27.0 Å². The number of halogens is 3. The van der Waals surface area contributed by atoms with Crippen molar-refractivity contribution in [1.29, 1.82) is 0 Å². The number of imidazole rings is 1. The predicted molar refractivity (Wildman–Crippen MR) is 115 cm³/mol. The molecular weight excluding hydrogens is 434 g/mol. The van der Waals surface area contributed by atoms with E-state index >= 15 is 0 Å². The van der Waals surface area contributed by atoms with Gasteiger partial charge in [0.2, 0.25) is 0 Å². The minimum absolute atomic E-state index is 0.272. The normalized spacial score (nSPS) is 11.1. The van der Waals surface area contributed by atoms with Crippen LogP contribution in [0.4, 0.5) is 9.52 Å². The van der Waals surface area contributed by atoms with Crippen molar-refractivity contribution in [2.45, 2.75) is 13.0 Å². The summed E-state index contributed by atoms with van der Waals surface area (Å²) in [5.74, 6) is -0.622. The van der Waals surface area contributed by atoms with Gasteiger partial charge < -0.3 is 4.57 Å². The van der Waals surface area contributed by atoms with Crippen LogP contribution in [0.5, 0.6) is 0 Å². The summed E-state index contributed by atoms with van der Waals surface area (Å²) in [5, 5.41) is 1.22. The summed E-state index contributed by atoms with van der Waals surface area (Å²) in [4.78, 5) is 23.4. The number of rotatable bonds is 6. The number of anilines is 1. The van der Waals surface area contributed by atoms with Crippen molar-refractivity contribution in [3.63, 3.8) is 0 Å². The van der Waals surface area contributed by atoms with Gasteiger partial charge in [0, 0.05) is 30.5 Å². The lowest BCUT2D eigenvalue weighted by Crippen LogP contribution is -2.32. The summed E-state index contributed by atoms with van der Waals surface area (Å²) in [6.45, 7) is 1.11. The smallest absolute Gasteiger partial charge is 0.261 e. The molecule has 1 amide bonds. The van der Waals surface area contributed by atoms with E-state index in [9.17, 15) is 9.18 Å². The van der Waals surface area contributed by atoms with E-state index in [2.05, 4.69) is 9.97 Å². The van der Waals surface area contributed by atoms with E-state index in [0.717, 1.165) is 0 Å². The summed E-state index contributed by atoms with van der Waals surface area (Å²) < 4.78 is 16.2. The molecule has 5 nitrogen and oxygen atoms in total. The number of amides is 1. The molecule has 0 saturated carbocycles. The highest BCUT2D eigenvalue weighted by Gasteiger charge is 2.23. The minimum atomic E-state index is -0.341. The number of hydrogen-bond acceptors (Lipinski definition) is 4. The highest BCUT2D eigenvalue weighted by atomic mass is 35.5. The second-order valence-corrected chi connectivity index (χ2v) is 8.20. The topological polar surface area (TPSA) is 51.0 Å². The molecule has 4 aromatic rings. The Bertz CT molecular complexity index is 1160. The van der Waals surface area contributed by atoms with Gasteiger partial charge in [0.25, 0.3) is 5.91 Å². The SMILES string of the molecule is O=C(c1ccc(Cl)cc1Cl)N(CCCn1ccnc1)c1nc2ccc(F)cc2s1. The van der Waals surface area contributed by atoms with E-state index in [1.165, 1.54) is 29.5 Å². The fourth-order valence-electron chi connectivity index (χ4n) is 2.92. The van der Waals surface area contributed by atoms with E-state index < -0.39 is 0 Å². The van der Waals surface area contributed by atoms with Gasteiger partial charge in [0.15, 0.2) is 5.13 Å². The van der Waals surface area contributed by atoms with Gasteiger partial charge in [-0.1, -0.05) is 34.5 Å². The lowest BCUT2D eigenvalue weighted by molar-refractivity contribution is 0.0986. The Balaban J connectivity index is 1.66. The molecule has 0 aliphatic rings. The number of aryl methyl sites for hydroxylation is 1. The fourth-order valence-corrected chi connectivity index (χ4v) is 4.43. The zero-order chi connectivity index (χ0) is 20.4. The van der Waals surface area contributed by atoms with Gasteiger partial charge >= 0.3 is 0 Å². The monoisotopic (exact) mass is 448 g/mol. The van der Waals surface area contributed by atoms with Crippen LogP contribution < -0.4 is 4.90 Å². The Morgan fingerprint density at radius 2 is 2.07 bits per heavy atom. The Hall–Kier alpha value is -2.48. The molecule has 2 heterocycles. The van der Waals surface area contributed by atoms with Crippen LogP contribution in [0.15, 0.2) is 55.1 Å². The minimum Gasteiger partial charge on any atom is -0.337 e. The van der Waals surface area contributed by atoms with Crippen LogP contribution in [0.25, 0.3) is 10.2 Å². The van der Waals surface area contributed by atoms with Crippen molar-refractivity contribution >= 4 is 55.8 Å². The molecule has 2 aromatic carbocycles. The maximum atomic E-state index is 13.6. The molecular formula is C20H15Cl2FN4OS. The van der Waals surface area contributed by atoms with E-state index in [0.29, 0.717) is 45.4 Å². The molecule has 0 unspecified atom stereocenters. The second kappa shape index (κ2) is 8.49. The summed E-state index contributed by atoms with van der Waals surface area (Å²) in [5.41, 5.74) is 0.977. The van der Waals surface area contributed by atoms with E-state index in [4.69, 9.17) is 23.2 Å². The van der Waals surface area contributed by atoms with Gasteiger partial charge in [0.1, 0.15) is 5.82 Å². The number of carbonyl (C=O) groups excluding carboxylic acids is 1. The first-order valence-corrected chi connectivity index (χ1v) is 10.4. The van der Waals surface area contributed by atoms with Gasteiger partial charge in [-0.2, -0.15) is 0 Å². The van der Waals surface area contributed by atoms with E-state index in [1.807, 2.05) is 10.8 Å². The summed E-state index contributed by atoms with van der Waals surface area (Å²) in [6.07, 6.45) is 5.97. The summed E-state index contributed by atoms with van der Waals surface area (Å²) >= 11 is 13.5. The largest absolute Gasteiger partial charge is 0.337 e. The van der Waals surface area contributed by atoms with E-state index in [1.54, 1.807) is 35.6 Å². The Morgan fingerprint density at radius 1 is 1.21 bits per heavy atom. The number of nitrogens with zero attached hydrogens (tertiary/aromatic N) is 4. The first kappa shape index (κ1) is 19.8. The molecule has 2 aromatic heterocycles. The standard InChI is InChI=1S/C20H15Cl2FN4OS/c21-13-2-4-15(16(22)10-13)19(28)27(8-1-7-26-9-6-24-12-26)20-25-17-5-3-14(23)11-18(17)29-20/h2-6,9-12H,1,7-8H2. The molecule has 0 fully saturated rings. The molecule has 29 heavy (non-hydrogen) atoms. The third kappa shape index (κ3) is 4.42. The zero-order valence-corrected chi connectivity index (χ0v) is 17.4. The Kier molecular flexibility index (Phi) is 5.80. The van der Waals surface area contributed by atoms with Crippen molar-refractivity contribution < 1.29 is 9.18 Å². The molecule has 0 N–H and O–H groups in total. The van der Waals surface area contributed by atoms with Gasteiger partial charge in [0.05, 0.1) is 27.1 Å². The van der Waals surface area contributed by atoms with Crippen molar-refractivity contribution in [3.8, 4) is 0 Å². The van der Waals surface area contributed by atoms with Gasteiger partial charge in [-0.3, -0.25) is 9.69 Å². The third-order valence-electron chi connectivity index (χ3n) is 4.33. The first-order valence-electron chi connectivity index (χ1n) is 8.80. The zero-order valence-electron chi connectivity index (χ0n) is 15.1. The van der Waals surface area contributed by atoms with Crippen molar-refractivity contribution in [2.75, 3.05) is 11.4 Å². The van der Waals surface area contributed by atoms with Crippen molar-refractivity contribution in [2.24, 2.45) is 0 Å². The third-order valence-corrected chi connectivity index (χ3v) is 5.92. The molecule has 4 rings (SSSR count). The van der Waals surface area contributed by atoms with Gasteiger partial charge in [-0.15, -0.1) is 0 Å². The van der Waals surface area contributed by atoms with Crippen LogP contribution >= 0.6 is 34.5 Å². The molecule has 0 radical (unpaired) electrons. The molecule has 9 heteroatoms. The van der Waals surface area contributed by atoms with Crippen molar-refractivity contribution in [1.82, 2.24) is 14.5 Å². The number of thiazole rings is 1. The fraction of sp³-hybridized carbons (Fsp3) is 0.150. The average molecular weight is 449 g/mol. The lowest BCUT2D eigenvalue weighted by Gasteiger charge is -2.20. The van der Waals surface area contributed by atoms with Crippen LogP contribution in [0.1, 0.15) is 16.8 Å². The van der Waals surface area contributed by atoms with Crippen LogP contribution in [0.3, 0.4) is 0 Å². The molecule has 0 atom stereocenters. The Labute approximate surface area is 180 Å². The molecule has 0 aliphatic carbocycles. The number of aromatic nitrogens is 3. The maximum Gasteiger partial charge on any atom is 0.261 e. The quantitative estimate of drug-likeness (QED) is 0.381. The van der Waals surface area contributed by atoms with Crippen LogP contribution in [-0.2, 0) is 6.54 Å². The maximum absolute atomic E-state index is 13.6. The van der Waals surface area contributed by atoms with Gasteiger partial charge in [-0.25, -0.2) is 14.4 Å². The average Bonchev–Trinajstić information content (AvgIpc) is 3.34. The molecule has 0 spiro atoms. The van der Waals surface area contributed by atoms with Crippen LogP contribution in [0.2, 0.25) is 10.0 Å². The number of fused-ring (bicyclic) bond motifs is 1. The highest BCUT2D eigenvalue weighted by Crippen LogP contribution is 2.32. The molecule has 148 valence electrons. The Morgan fingerprint density at radius 3 is 2.83 bits per heavy atom. The highest BCUT2D eigenvalue weighted by molar-refractivity contribution is 7.22. The first-order chi connectivity index (χ1) is 14.0. The molecule has 0 bridgehead atoms. The molecule has 0 aliphatic heterocycles. The van der Waals surface area contributed by atoms with Crippen LogP contribution in [0, 0.1) is 5.82 Å². The van der Waals surface area contributed by atoms with E-state index in [-0.39, 0.29) is 16.7 Å². The number of benzene rings is 2. The molecule has 0 saturated heterocycles. The number of hydrogen-bond donors (Lipinski definition) is 0. The van der Waals surface area contributed by atoms with Crippen molar-refractivity contribution in [3.05, 3.63) is 76.5 Å². The lowest BCUT2D eigenvalue weighted by atomic mass is 10.2.